The second-order valence-electron chi connectivity index (χ2n) is 6.18. The molecule has 1 aromatic carbocycles. The Morgan fingerprint density at radius 3 is 2.60 bits per heavy atom. The van der Waals surface area contributed by atoms with Crippen molar-refractivity contribution in [3.8, 4) is 0 Å². The van der Waals surface area contributed by atoms with Gasteiger partial charge in [-0.05, 0) is 87.7 Å². The summed E-state index contributed by atoms with van der Waals surface area (Å²) >= 11 is 7.16. The molecule has 1 aliphatic heterocycles. The molecular formula is C16H22Br2N2. The average molecular weight is 402 g/mol. The molecule has 1 saturated heterocycles. The molecule has 0 amide bonds. The molecular weight excluding hydrogens is 380 g/mol. The molecule has 1 N–H and O–H groups in total. The number of nitrogens with zero attached hydrogens (tertiary/aromatic N) is 1. The quantitative estimate of drug-likeness (QED) is 0.769. The number of nitrogens with one attached hydrogen (secondary N) is 1. The molecule has 2 aliphatic rings. The van der Waals surface area contributed by atoms with Gasteiger partial charge in [0.05, 0.1) is 0 Å². The molecule has 0 radical (unpaired) electrons. The van der Waals surface area contributed by atoms with Crippen molar-refractivity contribution in [2.45, 2.75) is 38.3 Å². The van der Waals surface area contributed by atoms with E-state index in [1.807, 2.05) is 0 Å². The molecule has 0 spiro atoms. The lowest BCUT2D eigenvalue weighted by Gasteiger charge is -2.26. The Bertz CT molecular complexity index is 454. The van der Waals surface area contributed by atoms with Crippen LogP contribution in [0.25, 0.3) is 0 Å². The third kappa shape index (κ3) is 4.30. The van der Waals surface area contributed by atoms with Crippen LogP contribution < -0.4 is 5.32 Å². The van der Waals surface area contributed by atoms with Crippen molar-refractivity contribution < 1.29 is 0 Å². The normalized spacial score (nSPS) is 22.6. The fraction of sp³-hybridized carbons (Fsp3) is 0.625. The monoisotopic (exact) mass is 400 g/mol. The van der Waals surface area contributed by atoms with E-state index in [0.717, 1.165) is 21.4 Å². The molecule has 1 unspecified atom stereocenters. The Labute approximate surface area is 138 Å². The van der Waals surface area contributed by atoms with Crippen LogP contribution >= 0.6 is 31.9 Å². The summed E-state index contributed by atoms with van der Waals surface area (Å²) in [5.74, 6) is 0.954. The van der Waals surface area contributed by atoms with E-state index in [1.54, 1.807) is 0 Å². The summed E-state index contributed by atoms with van der Waals surface area (Å²) in [4.78, 5) is 2.65. The molecule has 110 valence electrons. The third-order valence-corrected chi connectivity index (χ3v) is 6.12. The molecule has 1 heterocycles. The van der Waals surface area contributed by atoms with Gasteiger partial charge in [-0.2, -0.15) is 0 Å². The van der Waals surface area contributed by atoms with Gasteiger partial charge in [-0.15, -0.1) is 0 Å². The summed E-state index contributed by atoms with van der Waals surface area (Å²) in [7, 11) is 0. The van der Waals surface area contributed by atoms with Crippen molar-refractivity contribution in [2.75, 3.05) is 19.6 Å². The average Bonchev–Trinajstić information content (AvgIpc) is 3.08. The van der Waals surface area contributed by atoms with Crippen molar-refractivity contribution in [3.05, 3.63) is 32.7 Å². The van der Waals surface area contributed by atoms with Gasteiger partial charge >= 0.3 is 0 Å². The maximum Gasteiger partial charge on any atom is 0.0320 e. The Morgan fingerprint density at radius 2 is 1.95 bits per heavy atom. The molecule has 2 nitrogen and oxygen atoms in total. The Balaban J connectivity index is 1.62. The maximum atomic E-state index is 3.63. The van der Waals surface area contributed by atoms with Crippen LogP contribution in [0.3, 0.4) is 0 Å². The second kappa shape index (κ2) is 6.91. The highest BCUT2D eigenvalue weighted by Crippen LogP contribution is 2.31. The summed E-state index contributed by atoms with van der Waals surface area (Å²) in [6.45, 7) is 4.74. The van der Waals surface area contributed by atoms with Crippen LogP contribution in [0.15, 0.2) is 27.1 Å². The smallest absolute Gasteiger partial charge is 0.0320 e. The van der Waals surface area contributed by atoms with Crippen LogP contribution in [-0.2, 0) is 6.54 Å². The minimum atomic E-state index is 0.702. The number of halogens is 2. The van der Waals surface area contributed by atoms with Crippen LogP contribution in [0.1, 0.15) is 31.2 Å². The molecule has 1 saturated carbocycles. The van der Waals surface area contributed by atoms with Crippen molar-refractivity contribution in [2.24, 2.45) is 5.92 Å². The Kier molecular flexibility index (Phi) is 5.18. The molecule has 1 atom stereocenters. The standard InChI is InChI=1S/C16H22Br2N2/c17-15-6-5-13(8-16(15)18)10-20(9-12-3-4-12)11-14-2-1-7-19-14/h5-6,8,12,14,19H,1-4,7,9-11H2. The minimum absolute atomic E-state index is 0.702. The van der Waals surface area contributed by atoms with Gasteiger partial charge in [-0.3, -0.25) is 4.90 Å². The Morgan fingerprint density at radius 1 is 1.10 bits per heavy atom. The molecule has 0 bridgehead atoms. The first kappa shape index (κ1) is 15.0. The van der Waals surface area contributed by atoms with Crippen molar-refractivity contribution in [1.82, 2.24) is 10.2 Å². The van der Waals surface area contributed by atoms with E-state index >= 15 is 0 Å². The fourth-order valence-electron chi connectivity index (χ4n) is 2.99. The molecule has 0 aromatic heterocycles. The predicted octanol–water partition coefficient (Wildman–Crippen LogP) is 4.18. The third-order valence-electron chi connectivity index (χ3n) is 4.24. The van der Waals surface area contributed by atoms with E-state index in [0.29, 0.717) is 6.04 Å². The lowest BCUT2D eigenvalue weighted by molar-refractivity contribution is 0.232. The SMILES string of the molecule is Brc1ccc(CN(CC2CC2)CC2CCCN2)cc1Br. The van der Waals surface area contributed by atoms with Gasteiger partial charge in [-0.25, -0.2) is 0 Å². The first-order valence-corrected chi connectivity index (χ1v) is 9.19. The molecule has 2 fully saturated rings. The first-order valence-electron chi connectivity index (χ1n) is 7.60. The predicted molar refractivity (Wildman–Crippen MR) is 90.9 cm³/mol. The van der Waals surface area contributed by atoms with Gasteiger partial charge in [-0.1, -0.05) is 6.07 Å². The summed E-state index contributed by atoms with van der Waals surface area (Å²) in [6.07, 6.45) is 5.54. The van der Waals surface area contributed by atoms with Gasteiger partial charge in [0, 0.05) is 34.6 Å². The minimum Gasteiger partial charge on any atom is -0.313 e. The van der Waals surface area contributed by atoms with Gasteiger partial charge in [0.25, 0.3) is 0 Å². The molecule has 20 heavy (non-hydrogen) atoms. The van der Waals surface area contributed by atoms with Crippen molar-refractivity contribution >= 4 is 31.9 Å². The van der Waals surface area contributed by atoms with Crippen molar-refractivity contribution in [1.29, 1.82) is 0 Å². The van der Waals surface area contributed by atoms with Crippen molar-refractivity contribution in [3.63, 3.8) is 0 Å². The maximum absolute atomic E-state index is 3.63. The Hall–Kier alpha value is 0.1000. The van der Waals surface area contributed by atoms with Gasteiger partial charge in [0.1, 0.15) is 0 Å². The van der Waals surface area contributed by atoms with Gasteiger partial charge < -0.3 is 5.32 Å². The highest BCUT2D eigenvalue weighted by molar-refractivity contribution is 9.13. The zero-order valence-electron chi connectivity index (χ0n) is 11.7. The number of rotatable bonds is 6. The van der Waals surface area contributed by atoms with Crippen LogP contribution in [0, 0.1) is 5.92 Å². The number of hydrogen-bond acceptors (Lipinski definition) is 2. The van der Waals surface area contributed by atoms with Gasteiger partial charge in [0.2, 0.25) is 0 Å². The van der Waals surface area contributed by atoms with Crippen LogP contribution in [0.5, 0.6) is 0 Å². The largest absolute Gasteiger partial charge is 0.313 e. The highest BCUT2D eigenvalue weighted by atomic mass is 79.9. The molecule has 1 aromatic rings. The highest BCUT2D eigenvalue weighted by Gasteiger charge is 2.26. The van der Waals surface area contributed by atoms with E-state index in [2.05, 4.69) is 60.3 Å². The van der Waals surface area contributed by atoms with Crippen LogP contribution in [0.4, 0.5) is 0 Å². The lowest BCUT2D eigenvalue weighted by Crippen LogP contribution is -2.38. The lowest BCUT2D eigenvalue weighted by atomic mass is 10.1. The topological polar surface area (TPSA) is 15.3 Å². The van der Waals surface area contributed by atoms with Crippen LogP contribution in [-0.4, -0.2) is 30.6 Å². The summed E-state index contributed by atoms with van der Waals surface area (Å²) in [5.41, 5.74) is 1.40. The summed E-state index contributed by atoms with van der Waals surface area (Å²) < 4.78 is 2.29. The number of hydrogen-bond donors (Lipinski definition) is 1. The number of benzene rings is 1. The van der Waals surface area contributed by atoms with E-state index in [4.69, 9.17) is 0 Å². The van der Waals surface area contributed by atoms with E-state index in [-0.39, 0.29) is 0 Å². The van der Waals surface area contributed by atoms with E-state index < -0.39 is 0 Å². The summed E-state index contributed by atoms with van der Waals surface area (Å²) in [6, 6.07) is 7.32. The van der Waals surface area contributed by atoms with Gasteiger partial charge in [0.15, 0.2) is 0 Å². The second-order valence-corrected chi connectivity index (χ2v) is 7.89. The zero-order chi connectivity index (χ0) is 13.9. The van der Waals surface area contributed by atoms with E-state index in [1.165, 1.54) is 50.9 Å². The van der Waals surface area contributed by atoms with E-state index in [9.17, 15) is 0 Å². The fourth-order valence-corrected chi connectivity index (χ4v) is 3.66. The zero-order valence-corrected chi connectivity index (χ0v) is 14.9. The molecule has 1 aliphatic carbocycles. The molecule has 4 heteroatoms. The first-order chi connectivity index (χ1) is 9.70. The molecule has 3 rings (SSSR count). The van der Waals surface area contributed by atoms with Crippen LogP contribution in [0.2, 0.25) is 0 Å². The summed E-state index contributed by atoms with van der Waals surface area (Å²) in [5, 5.41) is 3.63.